The number of amides is 1. The van der Waals surface area contributed by atoms with Gasteiger partial charge in [-0.05, 0) is 43.9 Å². The SMILES string of the molecule is CCCCNC(=O)OCCCC(C)NCC(O)c1ccc(O)c(O)c1.O=P(O)(O)O. The van der Waals surface area contributed by atoms with Gasteiger partial charge in [0.25, 0.3) is 0 Å². The van der Waals surface area contributed by atoms with Gasteiger partial charge in [-0.15, -0.1) is 0 Å². The molecule has 0 bridgehead atoms. The molecule has 174 valence electrons. The second kappa shape index (κ2) is 15.0. The summed E-state index contributed by atoms with van der Waals surface area (Å²) in [5.41, 5.74) is 0.530. The number of aliphatic hydroxyl groups excluding tert-OH is 1. The van der Waals surface area contributed by atoms with E-state index in [-0.39, 0.29) is 23.6 Å². The fourth-order valence-corrected chi connectivity index (χ4v) is 2.25. The lowest BCUT2D eigenvalue weighted by atomic mass is 10.1. The third-order valence-corrected chi connectivity index (χ3v) is 3.86. The van der Waals surface area contributed by atoms with Crippen molar-refractivity contribution in [1.82, 2.24) is 10.6 Å². The van der Waals surface area contributed by atoms with Crippen LogP contribution in [0.25, 0.3) is 0 Å². The summed E-state index contributed by atoms with van der Waals surface area (Å²) in [4.78, 5) is 32.9. The van der Waals surface area contributed by atoms with E-state index in [4.69, 9.17) is 24.0 Å². The molecular formula is C18H33N2O9P. The number of hydrogen-bond donors (Lipinski definition) is 8. The second-order valence-electron chi connectivity index (χ2n) is 6.65. The molecule has 1 aromatic rings. The van der Waals surface area contributed by atoms with Gasteiger partial charge in [0.05, 0.1) is 12.7 Å². The fourth-order valence-electron chi connectivity index (χ4n) is 2.25. The van der Waals surface area contributed by atoms with Crippen molar-refractivity contribution >= 4 is 13.9 Å². The molecule has 8 N–H and O–H groups in total. The molecule has 0 heterocycles. The van der Waals surface area contributed by atoms with E-state index in [1.165, 1.54) is 12.1 Å². The summed E-state index contributed by atoms with van der Waals surface area (Å²) < 4.78 is 14.0. The lowest BCUT2D eigenvalue weighted by Gasteiger charge is -2.17. The van der Waals surface area contributed by atoms with Crippen LogP contribution in [-0.4, -0.2) is 61.8 Å². The van der Waals surface area contributed by atoms with Crippen LogP contribution < -0.4 is 10.6 Å². The summed E-state index contributed by atoms with van der Waals surface area (Å²) in [6.45, 7) is 5.37. The lowest BCUT2D eigenvalue weighted by Crippen LogP contribution is -2.31. The Labute approximate surface area is 176 Å². The number of hydrogen-bond acceptors (Lipinski definition) is 7. The quantitative estimate of drug-likeness (QED) is 0.139. The highest BCUT2D eigenvalue weighted by Crippen LogP contribution is 2.27. The number of carbonyl (C=O) groups excluding carboxylic acids is 1. The molecule has 0 saturated heterocycles. The number of unbranched alkanes of at least 4 members (excludes halogenated alkanes) is 1. The molecule has 2 unspecified atom stereocenters. The number of ether oxygens (including phenoxy) is 1. The third-order valence-electron chi connectivity index (χ3n) is 3.86. The van der Waals surface area contributed by atoms with Crippen LogP contribution in [0.15, 0.2) is 18.2 Å². The second-order valence-corrected chi connectivity index (χ2v) is 7.67. The Kier molecular flexibility index (Phi) is 14.1. The summed E-state index contributed by atoms with van der Waals surface area (Å²) in [6, 6.07) is 4.40. The van der Waals surface area contributed by atoms with Gasteiger partial charge >= 0.3 is 13.9 Å². The van der Waals surface area contributed by atoms with Gasteiger partial charge < -0.3 is 45.4 Å². The van der Waals surface area contributed by atoms with Crippen molar-refractivity contribution in [2.24, 2.45) is 0 Å². The van der Waals surface area contributed by atoms with Crippen LogP contribution in [0.1, 0.15) is 51.2 Å². The van der Waals surface area contributed by atoms with Crippen molar-refractivity contribution in [2.75, 3.05) is 19.7 Å². The average Bonchev–Trinajstić information content (AvgIpc) is 2.64. The number of rotatable bonds is 11. The molecule has 11 nitrogen and oxygen atoms in total. The van der Waals surface area contributed by atoms with Gasteiger partial charge in [-0.1, -0.05) is 19.4 Å². The fraction of sp³-hybridized carbons (Fsp3) is 0.611. The van der Waals surface area contributed by atoms with E-state index in [0.717, 1.165) is 25.7 Å². The molecule has 0 aliphatic rings. The van der Waals surface area contributed by atoms with E-state index in [2.05, 4.69) is 17.6 Å². The Hall–Kier alpha value is -1.88. The zero-order chi connectivity index (χ0) is 23.2. The van der Waals surface area contributed by atoms with Crippen LogP contribution >= 0.6 is 7.82 Å². The molecule has 0 radical (unpaired) electrons. The Balaban J connectivity index is 0.00000150. The van der Waals surface area contributed by atoms with Gasteiger partial charge in [0.1, 0.15) is 0 Å². The largest absolute Gasteiger partial charge is 0.504 e. The average molecular weight is 452 g/mol. The van der Waals surface area contributed by atoms with Crippen molar-refractivity contribution < 1.29 is 44.1 Å². The summed E-state index contributed by atoms with van der Waals surface area (Å²) in [5.74, 6) is -0.463. The molecule has 12 heteroatoms. The number of phenolic OH excluding ortho intramolecular Hbond substituents is 2. The van der Waals surface area contributed by atoms with Gasteiger partial charge in [0, 0.05) is 19.1 Å². The summed E-state index contributed by atoms with van der Waals surface area (Å²) in [7, 11) is -4.64. The van der Waals surface area contributed by atoms with Crippen molar-refractivity contribution in [3.05, 3.63) is 23.8 Å². The smallest absolute Gasteiger partial charge is 0.466 e. The number of phosphoric acid groups is 1. The molecule has 0 fully saturated rings. The van der Waals surface area contributed by atoms with Crippen molar-refractivity contribution in [2.45, 2.75) is 51.7 Å². The Morgan fingerprint density at radius 2 is 1.80 bits per heavy atom. The summed E-state index contributed by atoms with van der Waals surface area (Å²) in [6.07, 6.45) is 2.34. The Morgan fingerprint density at radius 3 is 2.37 bits per heavy atom. The first-order chi connectivity index (χ1) is 13.9. The molecule has 0 saturated carbocycles. The Morgan fingerprint density at radius 1 is 1.17 bits per heavy atom. The first-order valence-corrected chi connectivity index (χ1v) is 11.1. The molecule has 0 spiro atoms. The van der Waals surface area contributed by atoms with Crippen LogP contribution in [0.2, 0.25) is 0 Å². The molecule has 0 aliphatic carbocycles. The van der Waals surface area contributed by atoms with E-state index in [9.17, 15) is 20.1 Å². The number of benzene rings is 1. The monoisotopic (exact) mass is 452 g/mol. The maximum absolute atomic E-state index is 11.4. The topological polar surface area (TPSA) is 189 Å². The van der Waals surface area contributed by atoms with Crippen LogP contribution in [0.4, 0.5) is 4.79 Å². The predicted molar refractivity (Wildman–Crippen MR) is 110 cm³/mol. The number of carbonyl (C=O) groups is 1. The normalized spacial score (nSPS) is 13.0. The molecule has 1 aromatic carbocycles. The molecule has 2 atom stereocenters. The van der Waals surface area contributed by atoms with Gasteiger partial charge in [-0.3, -0.25) is 0 Å². The maximum atomic E-state index is 11.4. The highest BCUT2D eigenvalue weighted by atomic mass is 31.2. The standard InChI is InChI=1S/C18H30N2O5.H3O4P/c1-3-4-9-19-18(24)25-10-5-6-13(2)20-12-17(23)14-7-8-15(21)16(22)11-14;1-5(2,3)4/h7-8,11,13,17,20-23H,3-6,9-10,12H2,1-2H3,(H,19,24);(H3,1,2,3,4). The Bertz CT molecular complexity index is 661. The van der Waals surface area contributed by atoms with Gasteiger partial charge in [0.15, 0.2) is 11.5 Å². The van der Waals surface area contributed by atoms with Gasteiger partial charge in [-0.2, -0.15) is 0 Å². The molecule has 1 amide bonds. The molecule has 30 heavy (non-hydrogen) atoms. The van der Waals surface area contributed by atoms with E-state index < -0.39 is 13.9 Å². The number of aromatic hydroxyl groups is 2. The maximum Gasteiger partial charge on any atom is 0.466 e. The molecule has 0 aromatic heterocycles. The zero-order valence-electron chi connectivity index (χ0n) is 17.2. The minimum atomic E-state index is -4.64. The molecule has 1 rings (SSSR count). The van der Waals surface area contributed by atoms with Crippen LogP contribution in [0.3, 0.4) is 0 Å². The van der Waals surface area contributed by atoms with Crippen LogP contribution in [-0.2, 0) is 9.30 Å². The van der Waals surface area contributed by atoms with Crippen LogP contribution in [0, 0.1) is 0 Å². The van der Waals surface area contributed by atoms with Crippen molar-refractivity contribution in [3.63, 3.8) is 0 Å². The lowest BCUT2D eigenvalue weighted by molar-refractivity contribution is 0.141. The molecule has 0 aliphatic heterocycles. The highest BCUT2D eigenvalue weighted by Gasteiger charge is 2.12. The van der Waals surface area contributed by atoms with Gasteiger partial charge in [-0.25, -0.2) is 9.36 Å². The van der Waals surface area contributed by atoms with E-state index in [1.807, 2.05) is 6.92 Å². The minimum Gasteiger partial charge on any atom is -0.504 e. The zero-order valence-corrected chi connectivity index (χ0v) is 18.1. The van der Waals surface area contributed by atoms with Crippen molar-refractivity contribution in [3.8, 4) is 11.5 Å². The summed E-state index contributed by atoms with van der Waals surface area (Å²) in [5, 5.41) is 34.7. The number of nitrogens with one attached hydrogen (secondary N) is 2. The third kappa shape index (κ3) is 16.0. The van der Waals surface area contributed by atoms with E-state index >= 15 is 0 Å². The predicted octanol–water partition coefficient (Wildman–Crippen LogP) is 1.49. The first-order valence-electron chi connectivity index (χ1n) is 9.56. The van der Waals surface area contributed by atoms with E-state index in [0.29, 0.717) is 25.3 Å². The van der Waals surface area contributed by atoms with E-state index in [1.54, 1.807) is 6.07 Å². The number of aliphatic hydroxyl groups is 1. The van der Waals surface area contributed by atoms with Crippen LogP contribution in [0.5, 0.6) is 11.5 Å². The summed E-state index contributed by atoms with van der Waals surface area (Å²) >= 11 is 0. The number of phenols is 2. The first kappa shape index (κ1) is 28.1. The molecular weight excluding hydrogens is 419 g/mol. The van der Waals surface area contributed by atoms with Gasteiger partial charge in [0.2, 0.25) is 0 Å². The van der Waals surface area contributed by atoms with Crippen molar-refractivity contribution in [1.29, 1.82) is 0 Å². The highest BCUT2D eigenvalue weighted by molar-refractivity contribution is 7.45. The minimum absolute atomic E-state index is 0.145. The number of alkyl carbamates (subject to hydrolysis) is 1.